The Morgan fingerprint density at radius 1 is 1.16 bits per heavy atom. The summed E-state index contributed by atoms with van der Waals surface area (Å²) in [7, 11) is 1.63. The number of benzene rings is 3. The zero-order valence-corrected chi connectivity index (χ0v) is 24.7. The summed E-state index contributed by atoms with van der Waals surface area (Å²) in [4.78, 5) is 30.6. The average molecular weight is 683 g/mol. The molecule has 0 saturated carbocycles. The van der Waals surface area contributed by atoms with E-state index in [4.69, 9.17) is 32.7 Å². The third kappa shape index (κ3) is 6.63. The number of likely N-dealkylation sites (N-methyl/N-ethyl adjacent to an activating group) is 1. The van der Waals surface area contributed by atoms with Crippen molar-refractivity contribution >= 4 is 86.4 Å². The van der Waals surface area contributed by atoms with Gasteiger partial charge in [-0.3, -0.25) is 9.69 Å². The number of rotatable bonds is 8. The lowest BCUT2D eigenvalue weighted by molar-refractivity contribution is -0.121. The Bertz CT molecular complexity index is 1480. The summed E-state index contributed by atoms with van der Waals surface area (Å²) in [6, 6.07) is 15.2. The summed E-state index contributed by atoms with van der Waals surface area (Å²) in [6.45, 7) is 2.54. The first-order valence-electron chi connectivity index (χ1n) is 11.3. The quantitative estimate of drug-likeness (QED) is 0.196. The summed E-state index contributed by atoms with van der Waals surface area (Å²) in [6.07, 6.45) is 1.77. The molecular weight excluding hydrogens is 662 g/mol. The molecule has 7 nitrogen and oxygen atoms in total. The Labute approximate surface area is 247 Å². The molecular formula is C27H21Cl2IN2O5S. The van der Waals surface area contributed by atoms with Crippen LogP contribution in [0.5, 0.6) is 11.5 Å². The highest BCUT2D eigenvalue weighted by Gasteiger charge is 2.30. The molecule has 1 aliphatic rings. The number of carbonyl (C=O) groups excluding carboxylic acids is 1. The predicted molar refractivity (Wildman–Crippen MR) is 160 cm³/mol. The maximum absolute atomic E-state index is 12.9. The third-order valence-corrected chi connectivity index (χ3v) is 7.79. The second-order valence-corrected chi connectivity index (χ2v) is 11.0. The lowest BCUT2D eigenvalue weighted by Gasteiger charge is -2.15. The number of halogens is 3. The molecule has 11 heteroatoms. The zero-order chi connectivity index (χ0) is 27.4. The van der Waals surface area contributed by atoms with Crippen molar-refractivity contribution in [3.05, 3.63) is 89.8 Å². The van der Waals surface area contributed by atoms with Gasteiger partial charge in [0.15, 0.2) is 16.7 Å². The van der Waals surface area contributed by atoms with Crippen LogP contribution >= 0.6 is 57.6 Å². The largest absolute Gasteiger partial charge is 0.490 e. The van der Waals surface area contributed by atoms with Gasteiger partial charge in [0, 0.05) is 22.7 Å². The molecule has 0 bridgehead atoms. The molecule has 196 valence electrons. The molecule has 1 heterocycles. The topological polar surface area (TPSA) is 88.4 Å². The van der Waals surface area contributed by atoms with Crippen molar-refractivity contribution in [2.75, 3.05) is 13.7 Å². The van der Waals surface area contributed by atoms with Crippen molar-refractivity contribution in [1.29, 1.82) is 0 Å². The van der Waals surface area contributed by atoms with E-state index in [0.29, 0.717) is 43.9 Å². The number of ether oxygens (including phenoxy) is 2. The van der Waals surface area contributed by atoms with Gasteiger partial charge in [-0.05, 0) is 95.4 Å². The van der Waals surface area contributed by atoms with E-state index in [0.717, 1.165) is 14.7 Å². The summed E-state index contributed by atoms with van der Waals surface area (Å²) < 4.78 is 12.7. The maximum Gasteiger partial charge on any atom is 0.335 e. The molecule has 1 N–H and O–H groups in total. The number of thioether (sulfide) groups is 1. The highest BCUT2D eigenvalue weighted by atomic mass is 127. The fourth-order valence-corrected chi connectivity index (χ4v) is 5.72. The number of amides is 1. The molecule has 1 amide bonds. The monoisotopic (exact) mass is 682 g/mol. The van der Waals surface area contributed by atoms with Gasteiger partial charge in [-0.2, -0.15) is 0 Å². The number of hydrogen-bond acceptors (Lipinski definition) is 6. The smallest absolute Gasteiger partial charge is 0.335 e. The van der Waals surface area contributed by atoms with Gasteiger partial charge in [0.05, 0.1) is 26.3 Å². The van der Waals surface area contributed by atoms with Crippen LogP contribution in [0.2, 0.25) is 10.0 Å². The van der Waals surface area contributed by atoms with Crippen LogP contribution in [0.4, 0.5) is 5.69 Å². The normalized spacial score (nSPS) is 15.4. The lowest BCUT2D eigenvalue weighted by Crippen LogP contribution is -2.23. The molecule has 4 rings (SSSR count). The molecule has 0 atom stereocenters. The summed E-state index contributed by atoms with van der Waals surface area (Å²) in [5, 5.41) is 10.7. The van der Waals surface area contributed by atoms with Crippen LogP contribution in [0.1, 0.15) is 28.4 Å². The number of aromatic carboxylic acids is 1. The van der Waals surface area contributed by atoms with E-state index in [1.807, 2.05) is 25.1 Å². The first-order valence-corrected chi connectivity index (χ1v) is 13.9. The van der Waals surface area contributed by atoms with Gasteiger partial charge < -0.3 is 14.6 Å². The molecule has 1 saturated heterocycles. The molecule has 1 fully saturated rings. The Balaban J connectivity index is 1.59. The fraction of sp³-hybridized carbons (Fsp3) is 0.148. The van der Waals surface area contributed by atoms with Crippen LogP contribution in [0.15, 0.2) is 64.5 Å². The Hall–Kier alpha value is -2.73. The minimum absolute atomic E-state index is 0.123. The summed E-state index contributed by atoms with van der Waals surface area (Å²) in [5.74, 6) is -0.142. The fourth-order valence-electron chi connectivity index (χ4n) is 3.48. The van der Waals surface area contributed by atoms with Gasteiger partial charge in [0.25, 0.3) is 5.91 Å². The van der Waals surface area contributed by atoms with Crippen molar-refractivity contribution < 1.29 is 24.2 Å². The number of hydrogen-bond donors (Lipinski definition) is 1. The minimum Gasteiger partial charge on any atom is -0.490 e. The van der Waals surface area contributed by atoms with Crippen LogP contribution in [-0.2, 0) is 11.4 Å². The van der Waals surface area contributed by atoms with Crippen molar-refractivity contribution in [3.8, 4) is 11.5 Å². The summed E-state index contributed by atoms with van der Waals surface area (Å²) in [5.41, 5.74) is 2.12. The maximum atomic E-state index is 12.9. The average Bonchev–Trinajstić information content (AvgIpc) is 3.12. The molecule has 1 aliphatic heterocycles. The third-order valence-electron chi connectivity index (χ3n) is 5.34. The van der Waals surface area contributed by atoms with Gasteiger partial charge in [0.1, 0.15) is 6.61 Å². The number of nitrogens with zero attached hydrogens (tertiary/aromatic N) is 2. The SMILES string of the molecule is CCOc1cc(C=C2SC(=Nc3cccc(C(=O)O)c3)N(C)C2=O)cc(I)c1OCc1ccc(Cl)cc1Cl. The Kier molecular flexibility index (Phi) is 9.24. The standard InChI is InChI=1S/C27H21Cl2IN2O5S/c1-3-36-22-10-15(9-21(30)24(22)37-14-17-7-8-18(28)13-20(17)29)11-23-25(33)32(2)27(38-23)31-19-6-4-5-16(12-19)26(34)35/h4-13H,3,14H2,1-2H3,(H,34,35). The van der Waals surface area contributed by atoms with Crippen LogP contribution < -0.4 is 9.47 Å². The molecule has 0 aromatic heterocycles. The number of carboxylic acid groups (broad SMARTS) is 1. The van der Waals surface area contributed by atoms with Gasteiger partial charge in [0.2, 0.25) is 0 Å². The van der Waals surface area contributed by atoms with Gasteiger partial charge in [-0.1, -0.05) is 35.3 Å². The molecule has 38 heavy (non-hydrogen) atoms. The van der Waals surface area contributed by atoms with Crippen molar-refractivity contribution in [2.45, 2.75) is 13.5 Å². The molecule has 0 unspecified atom stereocenters. The Morgan fingerprint density at radius 3 is 2.66 bits per heavy atom. The van der Waals surface area contributed by atoms with Crippen molar-refractivity contribution in [2.24, 2.45) is 4.99 Å². The summed E-state index contributed by atoms with van der Waals surface area (Å²) >= 11 is 15.7. The Morgan fingerprint density at radius 2 is 1.95 bits per heavy atom. The van der Waals surface area contributed by atoms with Gasteiger partial charge in [-0.15, -0.1) is 0 Å². The second-order valence-electron chi connectivity index (χ2n) is 8.01. The number of carbonyl (C=O) groups is 2. The lowest BCUT2D eigenvalue weighted by atomic mass is 10.1. The van der Waals surface area contributed by atoms with Gasteiger partial charge in [-0.25, -0.2) is 9.79 Å². The van der Waals surface area contributed by atoms with E-state index in [1.165, 1.54) is 28.8 Å². The van der Waals surface area contributed by atoms with Crippen molar-refractivity contribution in [3.63, 3.8) is 0 Å². The van der Waals surface area contributed by atoms with Crippen LogP contribution in [-0.4, -0.2) is 40.7 Å². The zero-order valence-electron chi connectivity index (χ0n) is 20.2. The number of carboxylic acids is 1. The minimum atomic E-state index is -1.04. The van der Waals surface area contributed by atoms with E-state index < -0.39 is 5.97 Å². The molecule has 0 radical (unpaired) electrons. The van der Waals surface area contributed by atoms with Crippen LogP contribution in [0.25, 0.3) is 6.08 Å². The molecule has 3 aromatic carbocycles. The number of amidine groups is 1. The van der Waals surface area contributed by atoms with Gasteiger partial charge >= 0.3 is 5.97 Å². The molecule has 0 aliphatic carbocycles. The molecule has 0 spiro atoms. The second kappa shape index (κ2) is 12.4. The predicted octanol–water partition coefficient (Wildman–Crippen LogP) is 7.51. The first-order chi connectivity index (χ1) is 18.2. The first kappa shape index (κ1) is 28.3. The molecule has 3 aromatic rings. The highest BCUT2D eigenvalue weighted by Crippen LogP contribution is 2.38. The van der Waals surface area contributed by atoms with E-state index in [9.17, 15) is 14.7 Å². The highest BCUT2D eigenvalue weighted by molar-refractivity contribution is 14.1. The van der Waals surface area contributed by atoms with Crippen molar-refractivity contribution in [1.82, 2.24) is 4.90 Å². The number of aliphatic imine (C=N–C) groups is 1. The van der Waals surface area contributed by atoms with E-state index >= 15 is 0 Å². The van der Waals surface area contributed by atoms with Crippen LogP contribution in [0.3, 0.4) is 0 Å². The van der Waals surface area contributed by atoms with E-state index in [-0.39, 0.29) is 18.1 Å². The van der Waals surface area contributed by atoms with E-state index in [1.54, 1.807) is 37.4 Å². The van der Waals surface area contributed by atoms with Crippen LogP contribution in [0, 0.1) is 3.57 Å². The van der Waals surface area contributed by atoms with E-state index in [2.05, 4.69) is 27.6 Å².